The molecule has 10 nitrogen and oxygen atoms in total. The molecule has 1 saturated heterocycles. The summed E-state index contributed by atoms with van der Waals surface area (Å²) in [5.41, 5.74) is 0. The summed E-state index contributed by atoms with van der Waals surface area (Å²) in [5, 5.41) is 12.3. The fourth-order valence-corrected chi connectivity index (χ4v) is 4.33. The fourth-order valence-electron chi connectivity index (χ4n) is 4.33. The summed E-state index contributed by atoms with van der Waals surface area (Å²) in [4.78, 5) is 40.5. The number of hydrogen-bond donors (Lipinski definition) is 2. The van der Waals surface area contributed by atoms with E-state index in [4.69, 9.17) is 19.3 Å². The summed E-state index contributed by atoms with van der Waals surface area (Å²) in [6.45, 7) is 10.2. The van der Waals surface area contributed by atoms with Gasteiger partial charge >= 0.3 is 17.9 Å². The van der Waals surface area contributed by atoms with Gasteiger partial charge in [0.1, 0.15) is 0 Å². The van der Waals surface area contributed by atoms with Crippen LogP contribution in [-0.2, 0) is 28.6 Å². The van der Waals surface area contributed by atoms with Crippen LogP contribution in [0.4, 0.5) is 0 Å². The van der Waals surface area contributed by atoms with Gasteiger partial charge in [-0.1, -0.05) is 13.3 Å². The number of hydrogen-bond acceptors (Lipinski definition) is 10. The van der Waals surface area contributed by atoms with E-state index in [0.29, 0.717) is 65.1 Å². The van der Waals surface area contributed by atoms with E-state index in [0.717, 1.165) is 58.2 Å². The lowest BCUT2D eigenvalue weighted by molar-refractivity contribution is -0.146. The van der Waals surface area contributed by atoms with E-state index in [2.05, 4.69) is 15.1 Å². The Morgan fingerprint density at radius 2 is 1.31 bits per heavy atom. The Kier molecular flexibility index (Phi) is 22.8. The van der Waals surface area contributed by atoms with Crippen molar-refractivity contribution in [2.45, 2.75) is 90.4 Å². The smallest absolute Gasteiger partial charge is 0.307 e. The molecule has 10 heteroatoms. The Labute approximate surface area is 236 Å². The first-order valence-electron chi connectivity index (χ1n) is 15.3. The minimum atomic E-state index is -0.270. The highest BCUT2D eigenvalue weighted by Gasteiger charge is 2.13. The molecule has 2 N–H and O–H groups in total. The third kappa shape index (κ3) is 21.7. The van der Waals surface area contributed by atoms with Crippen LogP contribution < -0.4 is 5.32 Å². The third-order valence-electron chi connectivity index (χ3n) is 6.75. The summed E-state index contributed by atoms with van der Waals surface area (Å²) >= 11 is 0. The highest BCUT2D eigenvalue weighted by atomic mass is 16.5. The minimum absolute atomic E-state index is 0.172. The SMILES string of the molecule is CCCCOC(=O)CCN(CCCCCO)CCC(=O)OCCCCOC(=O)CCNCCCN1CCCC1. The first-order valence-corrected chi connectivity index (χ1v) is 15.3. The zero-order valence-electron chi connectivity index (χ0n) is 24.5. The highest BCUT2D eigenvalue weighted by Crippen LogP contribution is 2.07. The number of esters is 3. The van der Waals surface area contributed by atoms with E-state index in [1.807, 2.05) is 6.92 Å². The van der Waals surface area contributed by atoms with Crippen LogP contribution >= 0.6 is 0 Å². The van der Waals surface area contributed by atoms with Crippen molar-refractivity contribution >= 4 is 17.9 Å². The van der Waals surface area contributed by atoms with Crippen LogP contribution in [0.2, 0.25) is 0 Å². The Bertz CT molecular complexity index is 630. The lowest BCUT2D eigenvalue weighted by atomic mass is 10.2. The second kappa shape index (κ2) is 25.2. The van der Waals surface area contributed by atoms with E-state index in [9.17, 15) is 14.4 Å². The number of nitrogens with zero attached hydrogens (tertiary/aromatic N) is 2. The molecule has 0 unspecified atom stereocenters. The van der Waals surface area contributed by atoms with Gasteiger partial charge in [0.05, 0.1) is 39.1 Å². The number of aliphatic hydroxyl groups excluding tert-OH is 1. The first-order chi connectivity index (χ1) is 19.0. The molecule has 0 aromatic rings. The molecule has 1 heterocycles. The summed E-state index contributed by atoms with van der Waals surface area (Å²) in [6, 6.07) is 0. The lowest BCUT2D eigenvalue weighted by Gasteiger charge is -2.21. The molecule has 1 fully saturated rings. The molecule has 0 saturated carbocycles. The molecular formula is C29H55N3O7. The number of ether oxygens (including phenoxy) is 3. The average Bonchev–Trinajstić information content (AvgIpc) is 3.45. The molecule has 1 aliphatic rings. The van der Waals surface area contributed by atoms with Crippen LogP contribution in [0.3, 0.4) is 0 Å². The van der Waals surface area contributed by atoms with Crippen LogP contribution in [0, 0.1) is 0 Å². The molecule has 0 atom stereocenters. The number of likely N-dealkylation sites (tertiary alicyclic amines) is 1. The van der Waals surface area contributed by atoms with E-state index in [1.54, 1.807) is 0 Å². The van der Waals surface area contributed by atoms with E-state index < -0.39 is 0 Å². The minimum Gasteiger partial charge on any atom is -0.466 e. The van der Waals surface area contributed by atoms with Crippen LogP contribution in [0.15, 0.2) is 0 Å². The Morgan fingerprint density at radius 3 is 1.90 bits per heavy atom. The Morgan fingerprint density at radius 1 is 0.718 bits per heavy atom. The van der Waals surface area contributed by atoms with Crippen molar-refractivity contribution in [3.8, 4) is 0 Å². The van der Waals surface area contributed by atoms with Gasteiger partial charge in [0.15, 0.2) is 0 Å². The molecule has 0 spiro atoms. The lowest BCUT2D eigenvalue weighted by Crippen LogP contribution is -2.30. The van der Waals surface area contributed by atoms with Crippen LogP contribution in [0.25, 0.3) is 0 Å². The van der Waals surface area contributed by atoms with Crippen molar-refractivity contribution in [2.24, 2.45) is 0 Å². The third-order valence-corrected chi connectivity index (χ3v) is 6.75. The van der Waals surface area contributed by atoms with Crippen molar-refractivity contribution in [1.29, 1.82) is 0 Å². The van der Waals surface area contributed by atoms with Crippen molar-refractivity contribution in [1.82, 2.24) is 15.1 Å². The highest BCUT2D eigenvalue weighted by molar-refractivity contribution is 5.70. The molecule has 1 aliphatic heterocycles. The molecule has 1 rings (SSSR count). The van der Waals surface area contributed by atoms with Gasteiger partial charge in [-0.2, -0.15) is 0 Å². The predicted octanol–water partition coefficient (Wildman–Crippen LogP) is 2.91. The molecule has 39 heavy (non-hydrogen) atoms. The molecule has 0 aromatic carbocycles. The number of nitrogens with one attached hydrogen (secondary N) is 1. The van der Waals surface area contributed by atoms with E-state index in [1.165, 1.54) is 25.9 Å². The van der Waals surface area contributed by atoms with Crippen LogP contribution in [-0.4, -0.2) is 112 Å². The van der Waals surface area contributed by atoms with Gasteiger partial charge in [0.25, 0.3) is 0 Å². The normalized spacial score (nSPS) is 13.6. The second-order valence-corrected chi connectivity index (χ2v) is 10.3. The zero-order valence-corrected chi connectivity index (χ0v) is 24.5. The van der Waals surface area contributed by atoms with Gasteiger partial charge in [-0.3, -0.25) is 14.4 Å². The molecule has 228 valence electrons. The summed E-state index contributed by atoms with van der Waals surface area (Å²) < 4.78 is 15.8. The molecule has 0 aliphatic carbocycles. The topological polar surface area (TPSA) is 118 Å². The van der Waals surface area contributed by atoms with Gasteiger partial charge in [0, 0.05) is 26.2 Å². The van der Waals surface area contributed by atoms with E-state index in [-0.39, 0.29) is 30.9 Å². The molecular weight excluding hydrogens is 502 g/mol. The summed E-state index contributed by atoms with van der Waals surface area (Å²) in [6.07, 6.45) is 10.3. The Hall–Kier alpha value is -1.75. The van der Waals surface area contributed by atoms with Gasteiger partial charge in [0.2, 0.25) is 0 Å². The largest absolute Gasteiger partial charge is 0.466 e. The number of rotatable bonds is 26. The number of carbonyl (C=O) groups excluding carboxylic acids is 3. The van der Waals surface area contributed by atoms with Crippen molar-refractivity contribution < 1.29 is 33.7 Å². The average molecular weight is 558 g/mol. The van der Waals surface area contributed by atoms with Crippen molar-refractivity contribution in [3.05, 3.63) is 0 Å². The van der Waals surface area contributed by atoms with Crippen molar-refractivity contribution in [2.75, 3.05) is 78.8 Å². The van der Waals surface area contributed by atoms with Gasteiger partial charge in [-0.05, 0) is 90.5 Å². The molecule has 0 radical (unpaired) electrons. The van der Waals surface area contributed by atoms with Gasteiger partial charge < -0.3 is 34.4 Å². The quantitative estimate of drug-likeness (QED) is 0.0934. The second-order valence-electron chi connectivity index (χ2n) is 10.3. The molecule has 0 amide bonds. The first kappa shape index (κ1) is 35.3. The number of unbranched alkanes of at least 4 members (excludes halogenated alkanes) is 4. The maximum Gasteiger partial charge on any atom is 0.307 e. The standard InChI is InChI=1S/C29H55N3O7/c1-2-3-24-37-28(35)13-21-32(17-5-4-8-23-33)22-14-29(36)39-26-10-9-25-38-27(34)12-16-30-15-11-20-31-18-6-7-19-31/h30,33H,2-26H2,1H3. The molecule has 0 aromatic heterocycles. The number of aliphatic hydroxyl groups is 1. The van der Waals surface area contributed by atoms with Crippen LogP contribution in [0.1, 0.15) is 90.4 Å². The fraction of sp³-hybridized carbons (Fsp3) is 0.897. The zero-order chi connectivity index (χ0) is 28.4. The van der Waals surface area contributed by atoms with Crippen LogP contribution in [0.5, 0.6) is 0 Å². The van der Waals surface area contributed by atoms with Gasteiger partial charge in [-0.25, -0.2) is 0 Å². The monoisotopic (exact) mass is 557 g/mol. The van der Waals surface area contributed by atoms with Gasteiger partial charge in [-0.15, -0.1) is 0 Å². The predicted molar refractivity (Wildman–Crippen MR) is 151 cm³/mol. The maximum absolute atomic E-state index is 12.2. The van der Waals surface area contributed by atoms with E-state index >= 15 is 0 Å². The van der Waals surface area contributed by atoms with Crippen molar-refractivity contribution in [3.63, 3.8) is 0 Å². The number of carbonyl (C=O) groups is 3. The maximum atomic E-state index is 12.2. The Balaban J connectivity index is 2.05. The summed E-state index contributed by atoms with van der Waals surface area (Å²) in [7, 11) is 0. The molecule has 0 bridgehead atoms. The summed E-state index contributed by atoms with van der Waals surface area (Å²) in [5.74, 6) is -0.683.